The second kappa shape index (κ2) is 15.3. The highest BCUT2D eigenvalue weighted by Crippen LogP contribution is 2.29. The highest BCUT2D eigenvalue weighted by atomic mass is 19.2. The summed E-state index contributed by atoms with van der Waals surface area (Å²) < 4.78 is 86.2. The van der Waals surface area contributed by atoms with Gasteiger partial charge in [0.05, 0.1) is 32.8 Å². The number of carbonyl (C=O) groups is 2. The zero-order chi connectivity index (χ0) is 25.6. The van der Waals surface area contributed by atoms with E-state index in [0.717, 1.165) is 32.1 Å². The van der Waals surface area contributed by atoms with Crippen molar-refractivity contribution in [2.24, 2.45) is 0 Å². The number of hydrogen-bond acceptors (Lipinski definition) is 6. The van der Waals surface area contributed by atoms with Crippen LogP contribution in [-0.4, -0.2) is 57.6 Å². The van der Waals surface area contributed by atoms with Crippen molar-refractivity contribution >= 4 is 11.9 Å². The van der Waals surface area contributed by atoms with Gasteiger partial charge in [-0.1, -0.05) is 12.3 Å². The van der Waals surface area contributed by atoms with Crippen molar-refractivity contribution in [3.8, 4) is 17.6 Å². The van der Waals surface area contributed by atoms with Gasteiger partial charge in [0.2, 0.25) is 40.7 Å². The average Bonchev–Trinajstić information content (AvgIpc) is 2.82. The van der Waals surface area contributed by atoms with Crippen LogP contribution in [0.1, 0.15) is 38.5 Å². The van der Waals surface area contributed by atoms with Gasteiger partial charge in [-0.3, -0.25) is 9.59 Å². The number of ether oxygens (including phenoxy) is 4. The van der Waals surface area contributed by atoms with E-state index in [0.29, 0.717) is 0 Å². The predicted molar refractivity (Wildman–Crippen MR) is 112 cm³/mol. The molecule has 0 saturated carbocycles. The van der Waals surface area contributed by atoms with Gasteiger partial charge in [-0.05, 0) is 19.3 Å². The maximum atomic E-state index is 13.5. The Morgan fingerprint density at radius 1 is 0.857 bits per heavy atom. The van der Waals surface area contributed by atoms with E-state index in [1.807, 2.05) is 0 Å². The molecule has 194 valence electrons. The van der Waals surface area contributed by atoms with Gasteiger partial charge in [-0.25, -0.2) is 13.2 Å². The molecule has 1 atom stereocenters. The molecule has 0 radical (unpaired) electrons. The molecule has 0 spiro atoms. The highest BCUT2D eigenvalue weighted by molar-refractivity contribution is 5.77. The summed E-state index contributed by atoms with van der Waals surface area (Å²) in [5, 5.41) is 2.63. The summed E-state index contributed by atoms with van der Waals surface area (Å²) in [7, 11) is 0. The van der Waals surface area contributed by atoms with Crippen LogP contribution in [0.15, 0.2) is 0 Å². The van der Waals surface area contributed by atoms with Crippen LogP contribution in [0.25, 0.3) is 0 Å². The van der Waals surface area contributed by atoms with Gasteiger partial charge in [-0.2, -0.15) is 8.78 Å². The monoisotopic (exact) mass is 507 g/mol. The fourth-order valence-electron chi connectivity index (χ4n) is 2.91. The van der Waals surface area contributed by atoms with Crippen molar-refractivity contribution in [3.05, 3.63) is 29.1 Å². The van der Waals surface area contributed by atoms with Crippen molar-refractivity contribution in [2.45, 2.75) is 44.6 Å². The van der Waals surface area contributed by atoms with Gasteiger partial charge in [0.1, 0.15) is 12.7 Å². The largest absolute Gasteiger partial charge is 0.420 e. The first-order valence-electron chi connectivity index (χ1n) is 11.1. The Balaban J connectivity index is 1.51. The molecule has 1 aromatic carbocycles. The van der Waals surface area contributed by atoms with E-state index in [4.69, 9.17) is 14.2 Å². The number of esters is 1. The van der Waals surface area contributed by atoms with E-state index in [1.54, 1.807) is 0 Å². The summed E-state index contributed by atoms with van der Waals surface area (Å²) in [4.78, 5) is 23.4. The molecule has 0 aromatic heterocycles. The summed E-state index contributed by atoms with van der Waals surface area (Å²) >= 11 is 0. The third kappa shape index (κ3) is 9.79. The minimum Gasteiger partial charge on any atom is -0.420 e. The smallest absolute Gasteiger partial charge is 0.313 e. The quantitative estimate of drug-likeness (QED) is 0.0840. The molecule has 0 saturated heterocycles. The number of amides is 1. The normalized spacial score (nSPS) is 15.5. The van der Waals surface area contributed by atoms with Crippen LogP contribution < -0.4 is 10.1 Å². The number of carbonyl (C=O) groups excluding carboxylic acids is 2. The molecule has 7 nitrogen and oxygen atoms in total. The van der Waals surface area contributed by atoms with E-state index in [9.17, 15) is 31.5 Å². The summed E-state index contributed by atoms with van der Waals surface area (Å²) in [5.74, 6) is -8.42. The Morgan fingerprint density at radius 3 is 2.23 bits per heavy atom. The van der Waals surface area contributed by atoms with Crippen LogP contribution in [0.5, 0.6) is 5.75 Å². The Bertz CT molecular complexity index is 904. The van der Waals surface area contributed by atoms with Gasteiger partial charge in [0.15, 0.2) is 0 Å². The molecule has 1 N–H and O–H groups in total. The van der Waals surface area contributed by atoms with Crippen LogP contribution in [0.4, 0.5) is 22.0 Å². The number of rotatable bonds is 13. The van der Waals surface area contributed by atoms with Gasteiger partial charge in [-0.15, -0.1) is 5.92 Å². The summed E-state index contributed by atoms with van der Waals surface area (Å²) in [6.07, 6.45) is 4.12. The van der Waals surface area contributed by atoms with E-state index < -0.39 is 47.2 Å². The van der Waals surface area contributed by atoms with Crippen molar-refractivity contribution in [3.63, 3.8) is 0 Å². The first-order valence-corrected chi connectivity index (χ1v) is 11.1. The molecule has 0 fully saturated rings. The Labute approximate surface area is 199 Å². The van der Waals surface area contributed by atoms with E-state index in [2.05, 4.69) is 21.9 Å². The number of halogens is 5. The van der Waals surface area contributed by atoms with E-state index in [-0.39, 0.29) is 51.6 Å². The third-order valence-electron chi connectivity index (χ3n) is 4.72. The first-order chi connectivity index (χ1) is 16.8. The minimum absolute atomic E-state index is 0.0488. The fraction of sp³-hybridized carbons (Fsp3) is 0.565. The van der Waals surface area contributed by atoms with Gasteiger partial charge in [0.25, 0.3) is 0 Å². The number of nitrogens with one attached hydrogen (secondary N) is 1. The van der Waals surface area contributed by atoms with Gasteiger partial charge >= 0.3 is 5.97 Å². The molecule has 1 amide bonds. The highest BCUT2D eigenvalue weighted by Gasteiger charge is 2.28. The summed E-state index contributed by atoms with van der Waals surface area (Å²) in [6.45, 7) is 0.274. The van der Waals surface area contributed by atoms with Crippen molar-refractivity contribution < 1.29 is 50.5 Å². The van der Waals surface area contributed by atoms with E-state index in [1.165, 1.54) is 0 Å². The van der Waals surface area contributed by atoms with Gasteiger partial charge < -0.3 is 24.3 Å². The zero-order valence-electron chi connectivity index (χ0n) is 18.9. The van der Waals surface area contributed by atoms with Crippen LogP contribution in [-0.2, 0) is 23.8 Å². The number of hydrogen-bond donors (Lipinski definition) is 1. The Morgan fingerprint density at radius 2 is 1.51 bits per heavy atom. The number of benzene rings is 1. The standard InChI is InChI=1S/C23H26F5NO6/c24-18-19(25)21(27)23(22(28)20(18)26)35-17(31)8-10-32-12-13-33-11-9-29-16(30)14-34-15-6-4-2-1-3-5-7-15/h15H,1-4,6,8-14H2,(H,29,30). The summed E-state index contributed by atoms with van der Waals surface area (Å²) in [6, 6.07) is 0. The molecule has 35 heavy (non-hydrogen) atoms. The SMILES string of the molecule is O=C(COC1C#CCCCCC1)NCCOCCOCCC(=O)Oc1c(F)c(F)c(F)c(F)c1F. The Hall–Kier alpha value is -2.75. The summed E-state index contributed by atoms with van der Waals surface area (Å²) in [5.41, 5.74) is 0. The molecule has 12 heteroatoms. The molecule has 2 rings (SSSR count). The van der Waals surface area contributed by atoms with Crippen LogP contribution in [0, 0.1) is 40.9 Å². The van der Waals surface area contributed by atoms with Crippen LogP contribution in [0.2, 0.25) is 0 Å². The van der Waals surface area contributed by atoms with Crippen molar-refractivity contribution in [1.82, 2.24) is 5.32 Å². The lowest BCUT2D eigenvalue weighted by Gasteiger charge is -2.13. The lowest BCUT2D eigenvalue weighted by molar-refractivity contribution is -0.136. The maximum Gasteiger partial charge on any atom is 0.313 e. The lowest BCUT2D eigenvalue weighted by Crippen LogP contribution is -2.32. The molecule has 0 aliphatic heterocycles. The van der Waals surface area contributed by atoms with Gasteiger partial charge in [0, 0.05) is 13.0 Å². The third-order valence-corrected chi connectivity index (χ3v) is 4.72. The van der Waals surface area contributed by atoms with E-state index >= 15 is 0 Å². The van der Waals surface area contributed by atoms with Crippen LogP contribution in [0.3, 0.4) is 0 Å². The fourth-order valence-corrected chi connectivity index (χ4v) is 2.91. The Kier molecular flexibility index (Phi) is 12.4. The first kappa shape index (κ1) is 28.5. The molecule has 1 aromatic rings. The lowest BCUT2D eigenvalue weighted by atomic mass is 10.1. The van der Waals surface area contributed by atoms with Crippen molar-refractivity contribution in [1.29, 1.82) is 0 Å². The molecule has 1 aliphatic rings. The molecular weight excluding hydrogens is 481 g/mol. The second-order valence-electron chi connectivity index (χ2n) is 7.42. The predicted octanol–water partition coefficient (Wildman–Crippen LogP) is 3.18. The molecule has 1 unspecified atom stereocenters. The average molecular weight is 507 g/mol. The van der Waals surface area contributed by atoms with Crippen molar-refractivity contribution in [2.75, 3.05) is 39.6 Å². The molecule has 0 bridgehead atoms. The van der Waals surface area contributed by atoms with Crippen LogP contribution >= 0.6 is 0 Å². The zero-order valence-corrected chi connectivity index (χ0v) is 18.9. The topological polar surface area (TPSA) is 83.1 Å². The minimum atomic E-state index is -2.35. The molecular formula is C23H26F5NO6. The second-order valence-corrected chi connectivity index (χ2v) is 7.42. The maximum absolute atomic E-state index is 13.5. The molecule has 1 aliphatic carbocycles. The molecule has 0 heterocycles.